The van der Waals surface area contributed by atoms with Crippen molar-refractivity contribution in [3.8, 4) is 5.75 Å². The Morgan fingerprint density at radius 3 is 2.55 bits per heavy atom. The van der Waals surface area contributed by atoms with Crippen LogP contribution in [0, 0.1) is 0 Å². The normalized spacial score (nSPS) is 10.4. The maximum absolute atomic E-state index is 5.22. The molecule has 0 radical (unpaired) electrons. The summed E-state index contributed by atoms with van der Waals surface area (Å²) in [6.07, 6.45) is 0. The molecule has 0 aliphatic carbocycles. The second kappa shape index (κ2) is 5.66. The predicted octanol–water partition coefficient (Wildman–Crippen LogP) is 4.46. The number of fused-ring (bicyclic) bond motifs is 1. The first-order chi connectivity index (χ1) is 9.85. The van der Waals surface area contributed by atoms with Crippen molar-refractivity contribution in [2.45, 2.75) is 6.54 Å². The van der Waals surface area contributed by atoms with Crippen molar-refractivity contribution >= 4 is 16.5 Å². The quantitative estimate of drug-likeness (QED) is 0.750. The molecule has 0 aliphatic heterocycles. The van der Waals surface area contributed by atoms with Crippen molar-refractivity contribution in [2.75, 3.05) is 12.4 Å². The van der Waals surface area contributed by atoms with Crippen LogP contribution in [0.25, 0.3) is 10.8 Å². The lowest BCUT2D eigenvalue weighted by molar-refractivity contribution is 0.415. The van der Waals surface area contributed by atoms with Crippen LogP contribution in [-0.2, 0) is 6.54 Å². The molecule has 2 heteroatoms. The van der Waals surface area contributed by atoms with E-state index in [1.165, 1.54) is 16.3 Å². The molecule has 100 valence electrons. The highest BCUT2D eigenvalue weighted by Crippen LogP contribution is 2.19. The monoisotopic (exact) mass is 263 g/mol. The number of nitrogens with one attached hydrogen (secondary N) is 1. The van der Waals surface area contributed by atoms with Gasteiger partial charge in [-0.05, 0) is 34.5 Å². The Morgan fingerprint density at radius 2 is 1.70 bits per heavy atom. The minimum Gasteiger partial charge on any atom is -0.497 e. The summed E-state index contributed by atoms with van der Waals surface area (Å²) in [7, 11) is 1.68. The van der Waals surface area contributed by atoms with Gasteiger partial charge in [0, 0.05) is 18.3 Å². The first-order valence-corrected chi connectivity index (χ1v) is 6.71. The minimum absolute atomic E-state index is 0.804. The van der Waals surface area contributed by atoms with Gasteiger partial charge in [0.2, 0.25) is 0 Å². The van der Waals surface area contributed by atoms with E-state index in [0.29, 0.717) is 0 Å². The Morgan fingerprint density at radius 1 is 0.850 bits per heavy atom. The van der Waals surface area contributed by atoms with Crippen molar-refractivity contribution < 1.29 is 4.74 Å². The van der Waals surface area contributed by atoms with Gasteiger partial charge in [0.05, 0.1) is 7.11 Å². The fourth-order valence-corrected chi connectivity index (χ4v) is 2.29. The first-order valence-electron chi connectivity index (χ1n) is 6.71. The summed E-state index contributed by atoms with van der Waals surface area (Å²) in [5.41, 5.74) is 2.34. The van der Waals surface area contributed by atoms with Crippen LogP contribution >= 0.6 is 0 Å². The van der Waals surface area contributed by atoms with Crippen molar-refractivity contribution in [2.24, 2.45) is 0 Å². The number of benzene rings is 3. The number of ether oxygens (including phenoxy) is 1. The molecule has 3 aromatic rings. The van der Waals surface area contributed by atoms with E-state index < -0.39 is 0 Å². The third kappa shape index (κ3) is 2.75. The molecule has 0 aliphatic rings. The van der Waals surface area contributed by atoms with Gasteiger partial charge in [-0.15, -0.1) is 0 Å². The highest BCUT2D eigenvalue weighted by Gasteiger charge is 1.98. The van der Waals surface area contributed by atoms with E-state index >= 15 is 0 Å². The molecule has 0 fully saturated rings. The summed E-state index contributed by atoms with van der Waals surface area (Å²) >= 11 is 0. The maximum atomic E-state index is 5.22. The van der Waals surface area contributed by atoms with E-state index in [1.54, 1.807) is 7.11 Å². The third-order valence-electron chi connectivity index (χ3n) is 3.38. The zero-order valence-corrected chi connectivity index (χ0v) is 11.5. The van der Waals surface area contributed by atoms with Gasteiger partial charge in [-0.3, -0.25) is 0 Å². The third-order valence-corrected chi connectivity index (χ3v) is 3.38. The summed E-state index contributed by atoms with van der Waals surface area (Å²) in [5, 5.41) is 5.97. The number of hydrogen-bond acceptors (Lipinski definition) is 2. The Bertz CT molecular complexity index is 721. The van der Waals surface area contributed by atoms with Crippen molar-refractivity contribution in [1.82, 2.24) is 0 Å². The van der Waals surface area contributed by atoms with E-state index in [2.05, 4.69) is 47.8 Å². The molecular weight excluding hydrogens is 246 g/mol. The molecule has 3 rings (SSSR count). The van der Waals surface area contributed by atoms with Crippen LogP contribution in [0.4, 0.5) is 5.69 Å². The summed E-state index contributed by atoms with van der Waals surface area (Å²) in [6.45, 7) is 0.804. The molecule has 0 spiro atoms. The van der Waals surface area contributed by atoms with Crippen LogP contribution in [0.15, 0.2) is 66.7 Å². The van der Waals surface area contributed by atoms with Crippen molar-refractivity contribution in [3.63, 3.8) is 0 Å². The van der Waals surface area contributed by atoms with E-state index in [-0.39, 0.29) is 0 Å². The summed E-state index contributed by atoms with van der Waals surface area (Å²) < 4.78 is 5.22. The van der Waals surface area contributed by atoms with Gasteiger partial charge in [-0.2, -0.15) is 0 Å². The van der Waals surface area contributed by atoms with Crippen LogP contribution in [0.1, 0.15) is 5.56 Å². The minimum atomic E-state index is 0.804. The van der Waals surface area contributed by atoms with Gasteiger partial charge in [-0.25, -0.2) is 0 Å². The lowest BCUT2D eigenvalue weighted by Gasteiger charge is -2.09. The molecule has 0 unspecified atom stereocenters. The second-order valence-electron chi connectivity index (χ2n) is 4.77. The standard InChI is InChI=1S/C18H17NO/c1-20-18-8-4-7-17(12-18)19-13-14-9-10-15-5-2-3-6-16(15)11-14/h2-12,19H,13H2,1H3. The van der Waals surface area contributed by atoms with Gasteiger partial charge in [0.1, 0.15) is 5.75 Å². The van der Waals surface area contributed by atoms with Gasteiger partial charge >= 0.3 is 0 Å². The summed E-state index contributed by atoms with van der Waals surface area (Å²) in [5.74, 6) is 0.869. The van der Waals surface area contributed by atoms with Crippen LogP contribution in [0.3, 0.4) is 0 Å². The number of rotatable bonds is 4. The number of methoxy groups -OCH3 is 1. The van der Waals surface area contributed by atoms with Crippen molar-refractivity contribution in [1.29, 1.82) is 0 Å². The van der Waals surface area contributed by atoms with E-state index in [0.717, 1.165) is 18.0 Å². The molecular formula is C18H17NO. The highest BCUT2D eigenvalue weighted by atomic mass is 16.5. The molecule has 0 aromatic heterocycles. The molecule has 0 bridgehead atoms. The molecule has 20 heavy (non-hydrogen) atoms. The summed E-state index contributed by atoms with van der Waals surface area (Å²) in [6, 6.07) is 22.9. The van der Waals surface area contributed by atoms with E-state index in [1.807, 2.05) is 24.3 Å². The van der Waals surface area contributed by atoms with E-state index in [9.17, 15) is 0 Å². The predicted molar refractivity (Wildman–Crippen MR) is 84.3 cm³/mol. The summed E-state index contributed by atoms with van der Waals surface area (Å²) in [4.78, 5) is 0. The Hall–Kier alpha value is -2.48. The molecule has 2 nitrogen and oxygen atoms in total. The van der Waals surface area contributed by atoms with Gasteiger partial charge in [-0.1, -0.05) is 42.5 Å². The van der Waals surface area contributed by atoms with E-state index in [4.69, 9.17) is 4.74 Å². The topological polar surface area (TPSA) is 21.3 Å². The lowest BCUT2D eigenvalue weighted by Crippen LogP contribution is -1.99. The molecule has 3 aromatic carbocycles. The molecule has 0 saturated carbocycles. The highest BCUT2D eigenvalue weighted by molar-refractivity contribution is 5.83. The number of anilines is 1. The average Bonchev–Trinajstić information content (AvgIpc) is 2.53. The maximum Gasteiger partial charge on any atom is 0.120 e. The Kier molecular flexibility index (Phi) is 3.55. The molecule has 0 heterocycles. The Labute approximate surface area is 119 Å². The average molecular weight is 263 g/mol. The molecule has 0 saturated heterocycles. The number of hydrogen-bond donors (Lipinski definition) is 1. The van der Waals surface area contributed by atoms with Crippen LogP contribution in [0.5, 0.6) is 5.75 Å². The molecule has 0 atom stereocenters. The van der Waals surface area contributed by atoms with Crippen molar-refractivity contribution in [3.05, 3.63) is 72.3 Å². The smallest absolute Gasteiger partial charge is 0.120 e. The molecule has 1 N–H and O–H groups in total. The first kappa shape index (κ1) is 12.5. The SMILES string of the molecule is COc1cccc(NCc2ccc3ccccc3c2)c1. The Balaban J connectivity index is 1.76. The molecule has 0 amide bonds. The van der Waals surface area contributed by atoms with Crippen LogP contribution in [-0.4, -0.2) is 7.11 Å². The fourth-order valence-electron chi connectivity index (χ4n) is 2.29. The fraction of sp³-hybridized carbons (Fsp3) is 0.111. The lowest BCUT2D eigenvalue weighted by atomic mass is 10.1. The largest absolute Gasteiger partial charge is 0.497 e. The van der Waals surface area contributed by atoms with Crippen LogP contribution < -0.4 is 10.1 Å². The van der Waals surface area contributed by atoms with Gasteiger partial charge < -0.3 is 10.1 Å². The van der Waals surface area contributed by atoms with Gasteiger partial charge in [0.25, 0.3) is 0 Å². The zero-order valence-electron chi connectivity index (χ0n) is 11.5. The second-order valence-corrected chi connectivity index (χ2v) is 4.77. The van der Waals surface area contributed by atoms with Crippen LogP contribution in [0.2, 0.25) is 0 Å². The zero-order chi connectivity index (χ0) is 13.8. The van der Waals surface area contributed by atoms with Gasteiger partial charge in [0.15, 0.2) is 0 Å².